The summed E-state index contributed by atoms with van der Waals surface area (Å²) < 4.78 is 0. The summed E-state index contributed by atoms with van der Waals surface area (Å²) >= 11 is 3.13. The van der Waals surface area contributed by atoms with Crippen LogP contribution in [0.4, 0.5) is 0 Å². The van der Waals surface area contributed by atoms with Gasteiger partial charge in [0.05, 0.1) is 0 Å². The highest BCUT2D eigenvalue weighted by Gasteiger charge is 2.13. The number of nitrogens with zero attached hydrogens (tertiary/aromatic N) is 2. The molecule has 15 heavy (non-hydrogen) atoms. The van der Waals surface area contributed by atoms with E-state index in [0.717, 1.165) is 10.6 Å². The Kier molecular flexibility index (Phi) is 2.83. The molecule has 2 rings (SSSR count). The minimum Gasteiger partial charge on any atom is -0.343 e. The molecule has 2 aromatic heterocycles. The van der Waals surface area contributed by atoms with Crippen molar-refractivity contribution < 1.29 is 4.79 Å². The van der Waals surface area contributed by atoms with Crippen LogP contribution in [-0.4, -0.2) is 29.9 Å². The highest BCUT2D eigenvalue weighted by molar-refractivity contribution is 7.14. The lowest BCUT2D eigenvalue weighted by Gasteiger charge is -2.06. The topological polar surface area (TPSA) is 33.2 Å². The van der Waals surface area contributed by atoms with Crippen molar-refractivity contribution in [1.29, 1.82) is 0 Å². The molecule has 0 aliphatic carbocycles. The number of hydrogen-bond donors (Lipinski definition) is 0. The van der Waals surface area contributed by atoms with E-state index in [0.29, 0.717) is 5.69 Å². The summed E-state index contributed by atoms with van der Waals surface area (Å²) in [6.45, 7) is 0. The molecule has 0 atom stereocenters. The average molecular weight is 238 g/mol. The van der Waals surface area contributed by atoms with Crippen molar-refractivity contribution in [3.8, 4) is 10.6 Å². The van der Waals surface area contributed by atoms with E-state index in [4.69, 9.17) is 0 Å². The Labute approximate surface area is 96.0 Å². The van der Waals surface area contributed by atoms with Gasteiger partial charge in [0.2, 0.25) is 0 Å². The van der Waals surface area contributed by atoms with Gasteiger partial charge in [0.25, 0.3) is 5.91 Å². The van der Waals surface area contributed by atoms with E-state index in [1.807, 2.05) is 16.8 Å². The summed E-state index contributed by atoms with van der Waals surface area (Å²) in [7, 11) is 3.46. The van der Waals surface area contributed by atoms with E-state index in [1.54, 1.807) is 30.8 Å². The first-order chi connectivity index (χ1) is 7.18. The van der Waals surface area contributed by atoms with Crippen LogP contribution in [-0.2, 0) is 0 Å². The summed E-state index contributed by atoms with van der Waals surface area (Å²) in [5, 5.41) is 6.74. The molecule has 0 saturated heterocycles. The zero-order valence-electron chi connectivity index (χ0n) is 8.43. The number of carbonyl (C=O) groups excluding carboxylic acids is 1. The number of aromatic nitrogens is 1. The summed E-state index contributed by atoms with van der Waals surface area (Å²) in [6, 6.07) is 2.01. The lowest BCUT2D eigenvalue weighted by molar-refractivity contribution is 0.0823. The quantitative estimate of drug-likeness (QED) is 0.805. The predicted octanol–water partition coefficient (Wildman–Crippen LogP) is 2.57. The second kappa shape index (κ2) is 4.12. The fourth-order valence-corrected chi connectivity index (χ4v) is 2.63. The molecule has 0 spiro atoms. The van der Waals surface area contributed by atoms with Gasteiger partial charge in [-0.2, -0.15) is 11.3 Å². The van der Waals surface area contributed by atoms with Crippen LogP contribution in [0.25, 0.3) is 10.6 Å². The maximum absolute atomic E-state index is 11.6. The SMILES string of the molecule is CN(C)C(=O)c1csc(-c2ccsc2)n1. The molecule has 1 amide bonds. The molecule has 2 aromatic rings. The van der Waals surface area contributed by atoms with E-state index in [9.17, 15) is 4.79 Å². The number of thiazole rings is 1. The lowest BCUT2D eigenvalue weighted by Crippen LogP contribution is -2.21. The molecule has 0 aliphatic rings. The van der Waals surface area contributed by atoms with E-state index in [1.165, 1.54) is 16.2 Å². The van der Waals surface area contributed by atoms with Crippen LogP contribution in [0.2, 0.25) is 0 Å². The number of hydrogen-bond acceptors (Lipinski definition) is 4. The zero-order chi connectivity index (χ0) is 10.8. The Hall–Kier alpha value is -1.20. The van der Waals surface area contributed by atoms with Crippen LogP contribution in [0, 0.1) is 0 Å². The van der Waals surface area contributed by atoms with Gasteiger partial charge in [0, 0.05) is 30.4 Å². The maximum Gasteiger partial charge on any atom is 0.272 e. The van der Waals surface area contributed by atoms with Crippen molar-refractivity contribution in [2.45, 2.75) is 0 Å². The standard InChI is InChI=1S/C10H10N2OS2/c1-12(2)10(13)8-6-15-9(11-8)7-3-4-14-5-7/h3-6H,1-2H3. The van der Waals surface area contributed by atoms with Crippen molar-refractivity contribution >= 4 is 28.6 Å². The molecular formula is C10H10N2OS2. The highest BCUT2D eigenvalue weighted by Crippen LogP contribution is 2.25. The van der Waals surface area contributed by atoms with Gasteiger partial charge < -0.3 is 4.90 Å². The Morgan fingerprint density at radius 1 is 1.40 bits per heavy atom. The Bertz CT molecular complexity index is 459. The van der Waals surface area contributed by atoms with E-state index >= 15 is 0 Å². The number of carbonyl (C=O) groups is 1. The van der Waals surface area contributed by atoms with Crippen LogP contribution in [0.15, 0.2) is 22.2 Å². The Morgan fingerprint density at radius 3 is 2.80 bits per heavy atom. The predicted molar refractivity (Wildman–Crippen MR) is 63.4 cm³/mol. The lowest BCUT2D eigenvalue weighted by atomic mass is 10.3. The largest absolute Gasteiger partial charge is 0.343 e. The number of thiophene rings is 1. The monoisotopic (exact) mass is 238 g/mol. The van der Waals surface area contributed by atoms with Gasteiger partial charge in [-0.3, -0.25) is 4.79 Å². The molecule has 0 unspecified atom stereocenters. The molecular weight excluding hydrogens is 228 g/mol. The highest BCUT2D eigenvalue weighted by atomic mass is 32.1. The average Bonchev–Trinajstić information content (AvgIpc) is 2.86. The molecule has 2 heterocycles. The van der Waals surface area contributed by atoms with Crippen LogP contribution in [0.3, 0.4) is 0 Å². The third-order valence-electron chi connectivity index (χ3n) is 1.90. The van der Waals surface area contributed by atoms with Crippen molar-refractivity contribution in [2.75, 3.05) is 14.1 Å². The first-order valence-corrected chi connectivity index (χ1v) is 6.20. The first kappa shape index (κ1) is 10.3. The van der Waals surface area contributed by atoms with Gasteiger partial charge in [-0.25, -0.2) is 4.98 Å². The third-order valence-corrected chi connectivity index (χ3v) is 3.47. The summed E-state index contributed by atoms with van der Waals surface area (Å²) in [5.74, 6) is -0.0484. The molecule has 0 fully saturated rings. The van der Waals surface area contributed by atoms with Crippen LogP contribution in [0.5, 0.6) is 0 Å². The minimum atomic E-state index is -0.0484. The van der Waals surface area contributed by atoms with Crippen LogP contribution in [0.1, 0.15) is 10.5 Å². The fourth-order valence-electron chi connectivity index (χ4n) is 1.12. The van der Waals surface area contributed by atoms with Crippen molar-refractivity contribution in [3.63, 3.8) is 0 Å². The molecule has 78 valence electrons. The maximum atomic E-state index is 11.6. The fraction of sp³-hybridized carbons (Fsp3) is 0.200. The van der Waals surface area contributed by atoms with Gasteiger partial charge in [0.1, 0.15) is 10.7 Å². The molecule has 0 saturated carbocycles. The van der Waals surface area contributed by atoms with Gasteiger partial charge in [-0.1, -0.05) is 0 Å². The smallest absolute Gasteiger partial charge is 0.272 e. The van der Waals surface area contributed by atoms with E-state index < -0.39 is 0 Å². The van der Waals surface area contributed by atoms with Crippen LogP contribution >= 0.6 is 22.7 Å². The first-order valence-electron chi connectivity index (χ1n) is 4.38. The summed E-state index contributed by atoms with van der Waals surface area (Å²) in [5.41, 5.74) is 1.61. The Morgan fingerprint density at radius 2 is 2.20 bits per heavy atom. The third kappa shape index (κ3) is 2.08. The molecule has 5 heteroatoms. The van der Waals surface area contributed by atoms with Gasteiger partial charge >= 0.3 is 0 Å². The van der Waals surface area contributed by atoms with Crippen LogP contribution < -0.4 is 0 Å². The van der Waals surface area contributed by atoms with Gasteiger partial charge in [-0.05, 0) is 11.4 Å². The summed E-state index contributed by atoms with van der Waals surface area (Å²) in [4.78, 5) is 17.4. The molecule has 0 aromatic carbocycles. The van der Waals surface area contributed by atoms with Gasteiger partial charge in [0.15, 0.2) is 0 Å². The van der Waals surface area contributed by atoms with Gasteiger partial charge in [-0.15, -0.1) is 11.3 Å². The van der Waals surface area contributed by atoms with E-state index in [2.05, 4.69) is 4.98 Å². The summed E-state index contributed by atoms with van der Waals surface area (Å²) in [6.07, 6.45) is 0. The molecule has 0 radical (unpaired) electrons. The molecule has 0 aliphatic heterocycles. The second-order valence-corrected chi connectivity index (χ2v) is 4.89. The zero-order valence-corrected chi connectivity index (χ0v) is 10.1. The Balaban J connectivity index is 2.29. The second-order valence-electron chi connectivity index (χ2n) is 3.25. The normalized spacial score (nSPS) is 10.3. The molecule has 0 N–H and O–H groups in total. The van der Waals surface area contributed by atoms with Crippen molar-refractivity contribution in [1.82, 2.24) is 9.88 Å². The van der Waals surface area contributed by atoms with E-state index in [-0.39, 0.29) is 5.91 Å². The number of rotatable bonds is 2. The number of amides is 1. The minimum absolute atomic E-state index is 0.0484. The molecule has 3 nitrogen and oxygen atoms in total. The van der Waals surface area contributed by atoms with Crippen molar-refractivity contribution in [2.24, 2.45) is 0 Å². The molecule has 0 bridgehead atoms. The van der Waals surface area contributed by atoms with Crippen molar-refractivity contribution in [3.05, 3.63) is 27.9 Å².